The van der Waals surface area contributed by atoms with Crippen LogP contribution in [-0.4, -0.2) is 23.7 Å². The number of carbonyl (C=O) groups excluding carboxylic acids is 1. The van der Waals surface area contributed by atoms with E-state index in [1.165, 1.54) is 0 Å². The van der Waals surface area contributed by atoms with Crippen LogP contribution in [0.1, 0.15) is 39.0 Å². The number of allylic oxidation sites excluding steroid dienone is 2. The zero-order valence-electron chi connectivity index (χ0n) is 11.9. The van der Waals surface area contributed by atoms with E-state index in [4.69, 9.17) is 9.84 Å². The van der Waals surface area contributed by atoms with Crippen LogP contribution in [0.3, 0.4) is 0 Å². The maximum absolute atomic E-state index is 11.9. The summed E-state index contributed by atoms with van der Waals surface area (Å²) < 4.78 is 5.39. The van der Waals surface area contributed by atoms with Crippen LogP contribution in [-0.2, 0) is 14.3 Å². The SMILES string of the molecule is CC1C=CC(C(=O)OCC2CC=C(C(=O)O)CC2)CC1. The Labute approximate surface area is 119 Å². The van der Waals surface area contributed by atoms with E-state index in [1.807, 2.05) is 6.08 Å². The molecule has 0 heterocycles. The highest BCUT2D eigenvalue weighted by atomic mass is 16.5. The lowest BCUT2D eigenvalue weighted by atomic mass is 9.89. The molecule has 3 atom stereocenters. The van der Waals surface area contributed by atoms with Crippen molar-refractivity contribution in [2.75, 3.05) is 6.61 Å². The summed E-state index contributed by atoms with van der Waals surface area (Å²) >= 11 is 0. The summed E-state index contributed by atoms with van der Waals surface area (Å²) in [6, 6.07) is 0. The molecule has 2 rings (SSSR count). The van der Waals surface area contributed by atoms with E-state index in [0.717, 1.165) is 19.3 Å². The van der Waals surface area contributed by atoms with Gasteiger partial charge in [0.2, 0.25) is 0 Å². The van der Waals surface area contributed by atoms with Gasteiger partial charge in [-0.1, -0.05) is 25.2 Å². The Morgan fingerprint density at radius 2 is 2.10 bits per heavy atom. The number of carboxylic acids is 1. The van der Waals surface area contributed by atoms with E-state index >= 15 is 0 Å². The fraction of sp³-hybridized carbons (Fsp3) is 0.625. The number of ether oxygens (including phenoxy) is 1. The first-order valence-electron chi connectivity index (χ1n) is 7.33. The average Bonchev–Trinajstić information content (AvgIpc) is 2.46. The highest BCUT2D eigenvalue weighted by molar-refractivity contribution is 5.86. The third-order valence-corrected chi connectivity index (χ3v) is 4.16. The number of aliphatic carboxylic acids is 1. The summed E-state index contributed by atoms with van der Waals surface area (Å²) in [7, 11) is 0. The molecular formula is C16H22O4. The van der Waals surface area contributed by atoms with E-state index < -0.39 is 5.97 Å². The second kappa shape index (κ2) is 6.73. The van der Waals surface area contributed by atoms with Crippen molar-refractivity contribution in [2.45, 2.75) is 39.0 Å². The summed E-state index contributed by atoms with van der Waals surface area (Å²) in [5.41, 5.74) is 0.483. The van der Waals surface area contributed by atoms with Crippen molar-refractivity contribution >= 4 is 11.9 Å². The van der Waals surface area contributed by atoms with Crippen LogP contribution in [0.2, 0.25) is 0 Å². The predicted octanol–water partition coefficient (Wildman–Crippen LogP) is 2.94. The molecule has 0 aromatic rings. The van der Waals surface area contributed by atoms with Gasteiger partial charge in [0, 0.05) is 5.57 Å². The molecular weight excluding hydrogens is 256 g/mol. The molecule has 4 heteroatoms. The molecule has 110 valence electrons. The van der Waals surface area contributed by atoms with Crippen molar-refractivity contribution in [1.29, 1.82) is 0 Å². The largest absolute Gasteiger partial charge is 0.478 e. The summed E-state index contributed by atoms with van der Waals surface area (Å²) in [5.74, 6) is -0.256. The first-order chi connectivity index (χ1) is 9.56. The molecule has 2 aliphatic carbocycles. The topological polar surface area (TPSA) is 63.6 Å². The molecule has 0 radical (unpaired) electrons. The van der Waals surface area contributed by atoms with Gasteiger partial charge < -0.3 is 9.84 Å². The Hall–Kier alpha value is -1.58. The van der Waals surface area contributed by atoms with Crippen LogP contribution in [0.4, 0.5) is 0 Å². The summed E-state index contributed by atoms with van der Waals surface area (Å²) in [6.07, 6.45) is 9.73. The van der Waals surface area contributed by atoms with E-state index in [-0.39, 0.29) is 17.8 Å². The maximum Gasteiger partial charge on any atom is 0.331 e. The highest BCUT2D eigenvalue weighted by Gasteiger charge is 2.23. The first-order valence-corrected chi connectivity index (χ1v) is 7.33. The summed E-state index contributed by atoms with van der Waals surface area (Å²) in [6.45, 7) is 2.55. The minimum Gasteiger partial charge on any atom is -0.478 e. The van der Waals surface area contributed by atoms with Gasteiger partial charge >= 0.3 is 11.9 Å². The molecule has 0 spiro atoms. The zero-order valence-corrected chi connectivity index (χ0v) is 11.9. The van der Waals surface area contributed by atoms with Crippen LogP contribution in [0.5, 0.6) is 0 Å². The van der Waals surface area contributed by atoms with Crippen molar-refractivity contribution in [1.82, 2.24) is 0 Å². The van der Waals surface area contributed by atoms with Crippen LogP contribution in [0.15, 0.2) is 23.8 Å². The van der Waals surface area contributed by atoms with Crippen molar-refractivity contribution in [3.8, 4) is 0 Å². The Bertz CT molecular complexity index is 436. The van der Waals surface area contributed by atoms with Crippen LogP contribution >= 0.6 is 0 Å². The van der Waals surface area contributed by atoms with Gasteiger partial charge in [0.15, 0.2) is 0 Å². The Morgan fingerprint density at radius 3 is 2.65 bits per heavy atom. The molecule has 0 saturated carbocycles. The lowest BCUT2D eigenvalue weighted by Gasteiger charge is -2.22. The van der Waals surface area contributed by atoms with Crippen LogP contribution in [0, 0.1) is 17.8 Å². The van der Waals surface area contributed by atoms with Crippen LogP contribution < -0.4 is 0 Å². The minimum atomic E-state index is -0.832. The lowest BCUT2D eigenvalue weighted by Crippen LogP contribution is -2.23. The van der Waals surface area contributed by atoms with Crippen molar-refractivity contribution in [3.05, 3.63) is 23.8 Å². The molecule has 0 amide bonds. The van der Waals surface area contributed by atoms with Gasteiger partial charge in [0.05, 0.1) is 12.5 Å². The third-order valence-electron chi connectivity index (χ3n) is 4.16. The number of carboxylic acid groups (broad SMARTS) is 1. The molecule has 20 heavy (non-hydrogen) atoms. The predicted molar refractivity (Wildman–Crippen MR) is 75.0 cm³/mol. The van der Waals surface area contributed by atoms with Gasteiger partial charge in [-0.2, -0.15) is 0 Å². The third kappa shape index (κ3) is 3.95. The molecule has 3 unspecified atom stereocenters. The lowest BCUT2D eigenvalue weighted by molar-refractivity contribution is -0.149. The van der Waals surface area contributed by atoms with E-state index in [0.29, 0.717) is 30.9 Å². The summed E-state index contributed by atoms with van der Waals surface area (Å²) in [5, 5.41) is 8.87. The normalized spacial score (nSPS) is 29.6. The number of rotatable bonds is 4. The highest BCUT2D eigenvalue weighted by Crippen LogP contribution is 2.26. The average molecular weight is 278 g/mol. The van der Waals surface area contributed by atoms with Gasteiger partial charge in [-0.15, -0.1) is 0 Å². The standard InChI is InChI=1S/C16H22O4/c1-11-2-6-14(7-3-11)16(19)20-10-12-4-8-13(9-5-12)15(17)18/h2,6,8,11-12,14H,3-5,7,9-10H2,1H3,(H,17,18). The van der Waals surface area contributed by atoms with Gasteiger partial charge in [0.1, 0.15) is 0 Å². The second-order valence-corrected chi connectivity index (χ2v) is 5.85. The fourth-order valence-electron chi connectivity index (χ4n) is 2.70. The molecule has 2 aliphatic rings. The molecule has 0 fully saturated rings. The van der Waals surface area contributed by atoms with Crippen molar-refractivity contribution in [2.24, 2.45) is 17.8 Å². The van der Waals surface area contributed by atoms with E-state index in [9.17, 15) is 9.59 Å². The Balaban J connectivity index is 1.75. The number of hydrogen-bond acceptors (Lipinski definition) is 3. The van der Waals surface area contributed by atoms with Crippen LogP contribution in [0.25, 0.3) is 0 Å². The number of hydrogen-bond donors (Lipinski definition) is 1. The molecule has 0 aliphatic heterocycles. The zero-order chi connectivity index (χ0) is 14.5. The molecule has 0 saturated heterocycles. The quantitative estimate of drug-likeness (QED) is 0.634. The van der Waals surface area contributed by atoms with Crippen molar-refractivity contribution in [3.63, 3.8) is 0 Å². The van der Waals surface area contributed by atoms with E-state index in [1.54, 1.807) is 6.08 Å². The molecule has 1 N–H and O–H groups in total. The smallest absolute Gasteiger partial charge is 0.331 e. The van der Waals surface area contributed by atoms with Gasteiger partial charge in [-0.25, -0.2) is 4.79 Å². The molecule has 0 aromatic heterocycles. The maximum atomic E-state index is 11.9. The molecule has 0 bridgehead atoms. The first kappa shape index (κ1) is 14.8. The Kier molecular flexibility index (Phi) is 4.99. The monoisotopic (exact) mass is 278 g/mol. The van der Waals surface area contributed by atoms with Gasteiger partial charge in [-0.3, -0.25) is 4.79 Å². The molecule has 4 nitrogen and oxygen atoms in total. The van der Waals surface area contributed by atoms with Gasteiger partial charge in [0.25, 0.3) is 0 Å². The number of carbonyl (C=O) groups is 2. The summed E-state index contributed by atoms with van der Waals surface area (Å²) in [4.78, 5) is 22.7. The Morgan fingerprint density at radius 1 is 1.30 bits per heavy atom. The van der Waals surface area contributed by atoms with Gasteiger partial charge in [-0.05, 0) is 43.9 Å². The second-order valence-electron chi connectivity index (χ2n) is 5.85. The molecule has 0 aromatic carbocycles. The fourth-order valence-corrected chi connectivity index (χ4v) is 2.70. The number of esters is 1. The minimum absolute atomic E-state index is 0.0973. The van der Waals surface area contributed by atoms with E-state index in [2.05, 4.69) is 13.0 Å². The van der Waals surface area contributed by atoms with Crippen molar-refractivity contribution < 1.29 is 19.4 Å².